The molecule has 0 aromatic heterocycles. The van der Waals surface area contributed by atoms with E-state index in [2.05, 4.69) is 5.43 Å². The van der Waals surface area contributed by atoms with Crippen molar-refractivity contribution >= 4 is 23.2 Å². The zero-order valence-electron chi connectivity index (χ0n) is 11.0. The molecular weight excluding hydrogens is 298 g/mol. The molecule has 0 saturated heterocycles. The van der Waals surface area contributed by atoms with Crippen molar-refractivity contribution in [3.05, 3.63) is 69.0 Å². The number of hydrogen-bond donors (Lipinski definition) is 2. The molecule has 0 aliphatic rings. The minimum atomic E-state index is -0.261. The second-order valence-corrected chi connectivity index (χ2v) is 5.42. The summed E-state index contributed by atoms with van der Waals surface area (Å²) in [6.07, 6.45) is 0.572. The van der Waals surface area contributed by atoms with Crippen molar-refractivity contribution in [1.82, 2.24) is 5.43 Å². The quantitative estimate of drug-likeness (QED) is 0.656. The van der Waals surface area contributed by atoms with Gasteiger partial charge in [0.15, 0.2) is 0 Å². The fourth-order valence-corrected chi connectivity index (χ4v) is 2.61. The van der Waals surface area contributed by atoms with Gasteiger partial charge in [-0.2, -0.15) is 0 Å². The van der Waals surface area contributed by atoms with Crippen LogP contribution in [0, 0.1) is 12.7 Å². The molecule has 106 valence electrons. The number of nitrogens with one attached hydrogen (secondary N) is 1. The van der Waals surface area contributed by atoms with Crippen molar-refractivity contribution in [1.29, 1.82) is 0 Å². The highest BCUT2D eigenvalue weighted by atomic mass is 35.5. The van der Waals surface area contributed by atoms with Crippen LogP contribution < -0.4 is 11.3 Å². The van der Waals surface area contributed by atoms with E-state index >= 15 is 0 Å². The molecular formula is C15H15Cl2FN2. The van der Waals surface area contributed by atoms with Crippen LogP contribution in [0.2, 0.25) is 10.0 Å². The molecule has 0 radical (unpaired) electrons. The van der Waals surface area contributed by atoms with Crippen molar-refractivity contribution in [3.63, 3.8) is 0 Å². The van der Waals surface area contributed by atoms with Gasteiger partial charge in [0.05, 0.1) is 16.1 Å². The molecule has 20 heavy (non-hydrogen) atoms. The zero-order valence-corrected chi connectivity index (χ0v) is 12.5. The van der Waals surface area contributed by atoms with E-state index in [4.69, 9.17) is 29.0 Å². The third-order valence-electron chi connectivity index (χ3n) is 3.26. The Balaban J connectivity index is 2.31. The third-order valence-corrected chi connectivity index (χ3v) is 4.12. The lowest BCUT2D eigenvalue weighted by Gasteiger charge is -2.19. The first-order chi connectivity index (χ1) is 9.52. The number of rotatable bonds is 4. The van der Waals surface area contributed by atoms with E-state index in [0.717, 1.165) is 16.7 Å². The summed E-state index contributed by atoms with van der Waals surface area (Å²) < 4.78 is 13.2. The van der Waals surface area contributed by atoms with Crippen LogP contribution in [0.4, 0.5) is 4.39 Å². The monoisotopic (exact) mass is 312 g/mol. The predicted octanol–water partition coefficient (Wildman–Crippen LogP) is 4.19. The first kappa shape index (κ1) is 15.3. The predicted molar refractivity (Wildman–Crippen MR) is 81.4 cm³/mol. The average Bonchev–Trinajstić information content (AvgIpc) is 2.41. The summed E-state index contributed by atoms with van der Waals surface area (Å²) in [6, 6.07) is 9.96. The number of halogens is 3. The first-order valence-electron chi connectivity index (χ1n) is 6.18. The Morgan fingerprint density at radius 1 is 1.25 bits per heavy atom. The van der Waals surface area contributed by atoms with Gasteiger partial charge in [0.25, 0.3) is 0 Å². The van der Waals surface area contributed by atoms with Crippen LogP contribution in [0.1, 0.15) is 22.7 Å². The minimum absolute atomic E-state index is 0.161. The van der Waals surface area contributed by atoms with Crippen LogP contribution >= 0.6 is 23.2 Å². The normalized spacial score (nSPS) is 12.4. The lowest BCUT2D eigenvalue weighted by atomic mass is 9.96. The van der Waals surface area contributed by atoms with Crippen LogP contribution in [-0.2, 0) is 6.42 Å². The van der Waals surface area contributed by atoms with Gasteiger partial charge in [-0.25, -0.2) is 4.39 Å². The smallest absolute Gasteiger partial charge is 0.123 e. The van der Waals surface area contributed by atoms with Gasteiger partial charge in [-0.15, -0.1) is 0 Å². The van der Waals surface area contributed by atoms with Gasteiger partial charge in [0.1, 0.15) is 5.82 Å². The van der Waals surface area contributed by atoms with E-state index in [0.29, 0.717) is 16.5 Å². The summed E-state index contributed by atoms with van der Waals surface area (Å²) in [4.78, 5) is 0. The molecule has 3 N–H and O–H groups in total. The van der Waals surface area contributed by atoms with Gasteiger partial charge in [-0.3, -0.25) is 11.3 Å². The van der Waals surface area contributed by atoms with E-state index < -0.39 is 0 Å². The second-order valence-electron chi connectivity index (χ2n) is 4.64. The summed E-state index contributed by atoms with van der Waals surface area (Å²) in [6.45, 7) is 1.85. The molecule has 0 aliphatic carbocycles. The highest BCUT2D eigenvalue weighted by Crippen LogP contribution is 2.30. The fourth-order valence-electron chi connectivity index (χ4n) is 2.21. The SMILES string of the molecule is Cc1cc(F)ccc1C(Cc1cccc(Cl)c1Cl)NN. The van der Waals surface area contributed by atoms with Gasteiger partial charge in [-0.05, 0) is 48.2 Å². The Labute approximate surface area is 127 Å². The topological polar surface area (TPSA) is 38.0 Å². The maximum Gasteiger partial charge on any atom is 0.123 e. The van der Waals surface area contributed by atoms with E-state index in [1.54, 1.807) is 12.1 Å². The number of aryl methyl sites for hydroxylation is 1. The van der Waals surface area contributed by atoms with Crippen molar-refractivity contribution in [3.8, 4) is 0 Å². The summed E-state index contributed by atoms with van der Waals surface area (Å²) in [5, 5.41) is 1.03. The Bertz CT molecular complexity index is 617. The van der Waals surface area contributed by atoms with Crippen molar-refractivity contribution in [2.45, 2.75) is 19.4 Å². The molecule has 2 nitrogen and oxygen atoms in total. The molecule has 2 aromatic carbocycles. The number of benzene rings is 2. The minimum Gasteiger partial charge on any atom is -0.271 e. The van der Waals surface area contributed by atoms with E-state index in [1.165, 1.54) is 12.1 Å². The van der Waals surface area contributed by atoms with E-state index in [-0.39, 0.29) is 11.9 Å². The number of hydrazine groups is 1. The van der Waals surface area contributed by atoms with Crippen LogP contribution in [0.3, 0.4) is 0 Å². The van der Waals surface area contributed by atoms with Gasteiger partial charge in [-0.1, -0.05) is 41.4 Å². The zero-order chi connectivity index (χ0) is 14.7. The Morgan fingerprint density at radius 2 is 2.00 bits per heavy atom. The lowest BCUT2D eigenvalue weighted by molar-refractivity contribution is 0.546. The Kier molecular flexibility index (Phi) is 5.00. The van der Waals surface area contributed by atoms with Crippen molar-refractivity contribution in [2.75, 3.05) is 0 Å². The summed E-state index contributed by atoms with van der Waals surface area (Å²) >= 11 is 12.2. The third kappa shape index (κ3) is 3.30. The van der Waals surface area contributed by atoms with E-state index in [1.807, 2.05) is 19.1 Å². The molecule has 0 saturated carbocycles. The largest absolute Gasteiger partial charge is 0.271 e. The summed E-state index contributed by atoms with van der Waals surface area (Å²) in [5.41, 5.74) is 5.42. The summed E-state index contributed by atoms with van der Waals surface area (Å²) in [7, 11) is 0. The van der Waals surface area contributed by atoms with Crippen LogP contribution in [0.25, 0.3) is 0 Å². The number of hydrogen-bond acceptors (Lipinski definition) is 2. The fraction of sp³-hybridized carbons (Fsp3) is 0.200. The highest BCUT2D eigenvalue weighted by molar-refractivity contribution is 6.42. The maximum atomic E-state index is 13.2. The standard InChI is InChI=1S/C15H15Cl2FN2/c1-9-7-11(18)5-6-12(9)14(20-19)8-10-3-2-4-13(16)15(10)17/h2-7,14,20H,8,19H2,1H3. The van der Waals surface area contributed by atoms with Crippen LogP contribution in [-0.4, -0.2) is 0 Å². The van der Waals surface area contributed by atoms with Crippen LogP contribution in [0.15, 0.2) is 36.4 Å². The molecule has 0 heterocycles. The molecule has 0 amide bonds. The Morgan fingerprint density at radius 3 is 2.65 bits per heavy atom. The molecule has 0 spiro atoms. The molecule has 0 bridgehead atoms. The molecule has 1 atom stereocenters. The second kappa shape index (κ2) is 6.55. The molecule has 0 fully saturated rings. The molecule has 2 aromatic rings. The maximum absolute atomic E-state index is 13.2. The van der Waals surface area contributed by atoms with Gasteiger partial charge >= 0.3 is 0 Å². The van der Waals surface area contributed by atoms with Crippen LogP contribution in [0.5, 0.6) is 0 Å². The number of nitrogens with two attached hydrogens (primary N) is 1. The molecule has 2 rings (SSSR count). The van der Waals surface area contributed by atoms with Crippen molar-refractivity contribution in [2.24, 2.45) is 5.84 Å². The molecule has 5 heteroatoms. The Hall–Kier alpha value is -1.13. The molecule has 0 aliphatic heterocycles. The van der Waals surface area contributed by atoms with Gasteiger partial charge in [0, 0.05) is 0 Å². The molecule has 1 unspecified atom stereocenters. The van der Waals surface area contributed by atoms with Gasteiger partial charge < -0.3 is 0 Å². The van der Waals surface area contributed by atoms with Gasteiger partial charge in [0.2, 0.25) is 0 Å². The lowest BCUT2D eigenvalue weighted by Crippen LogP contribution is -2.30. The van der Waals surface area contributed by atoms with Crippen molar-refractivity contribution < 1.29 is 4.39 Å². The highest BCUT2D eigenvalue weighted by Gasteiger charge is 2.16. The summed E-state index contributed by atoms with van der Waals surface area (Å²) in [5.74, 6) is 5.37. The average molecular weight is 313 g/mol. The first-order valence-corrected chi connectivity index (χ1v) is 6.93. The van der Waals surface area contributed by atoms with E-state index in [9.17, 15) is 4.39 Å².